The van der Waals surface area contributed by atoms with Gasteiger partial charge in [0, 0.05) is 31.6 Å². The number of carbonyl (C=O) groups is 2. The van der Waals surface area contributed by atoms with E-state index in [0.29, 0.717) is 47.7 Å². The lowest BCUT2D eigenvalue weighted by Gasteiger charge is -2.16. The number of nitrogens with one attached hydrogen (secondary N) is 1. The Morgan fingerprint density at radius 3 is 2.84 bits per heavy atom. The number of likely N-dealkylation sites (tertiary alicyclic amines) is 1. The van der Waals surface area contributed by atoms with E-state index in [-0.39, 0.29) is 11.8 Å². The van der Waals surface area contributed by atoms with Crippen LogP contribution >= 0.6 is 15.9 Å². The Kier molecular flexibility index (Phi) is 7.55. The van der Waals surface area contributed by atoms with Gasteiger partial charge in [0.2, 0.25) is 5.91 Å². The molecular weight excluding hydrogens is 388 g/mol. The molecule has 1 heterocycles. The highest BCUT2D eigenvalue weighted by atomic mass is 79.9. The molecule has 0 aliphatic carbocycles. The molecule has 0 atom stereocenters. The molecule has 0 unspecified atom stereocenters. The topological polar surface area (TPSA) is 67.9 Å². The van der Waals surface area contributed by atoms with Gasteiger partial charge in [-0.25, -0.2) is 0 Å². The fraction of sp³-hybridized carbons (Fsp3) is 0.556. The maximum Gasteiger partial charge on any atom is 0.251 e. The maximum atomic E-state index is 12.3. The molecule has 6 nitrogen and oxygen atoms in total. The zero-order valence-corrected chi connectivity index (χ0v) is 16.4. The molecule has 1 saturated heterocycles. The molecule has 1 aromatic rings. The third kappa shape index (κ3) is 5.36. The van der Waals surface area contributed by atoms with Crippen LogP contribution in [0.4, 0.5) is 0 Å². The Balaban J connectivity index is 1.90. The number of amides is 2. The van der Waals surface area contributed by atoms with Gasteiger partial charge in [0.05, 0.1) is 18.2 Å². The summed E-state index contributed by atoms with van der Waals surface area (Å²) in [5.74, 6) is 1.17. The number of ether oxygens (including phenoxy) is 2. The fourth-order valence-electron chi connectivity index (χ4n) is 2.71. The van der Waals surface area contributed by atoms with Crippen LogP contribution in [0, 0.1) is 0 Å². The van der Waals surface area contributed by atoms with Crippen molar-refractivity contribution in [2.24, 2.45) is 0 Å². The third-order valence-corrected chi connectivity index (χ3v) is 4.59. The first-order chi connectivity index (χ1) is 12.1. The van der Waals surface area contributed by atoms with Gasteiger partial charge in [-0.2, -0.15) is 0 Å². The van der Waals surface area contributed by atoms with Crippen molar-refractivity contribution < 1.29 is 19.1 Å². The number of halogens is 1. The van der Waals surface area contributed by atoms with E-state index in [9.17, 15) is 9.59 Å². The molecular formula is C18H25BrN2O4. The number of rotatable bonds is 9. The van der Waals surface area contributed by atoms with Crippen LogP contribution in [0.25, 0.3) is 0 Å². The Hall–Kier alpha value is -1.76. The summed E-state index contributed by atoms with van der Waals surface area (Å²) in [6, 6.07) is 3.40. The van der Waals surface area contributed by atoms with Crippen molar-refractivity contribution in [3.63, 3.8) is 0 Å². The van der Waals surface area contributed by atoms with Gasteiger partial charge in [0.1, 0.15) is 0 Å². The standard InChI is InChI=1S/C18H25BrN2O4/c1-3-10-25-17-14(19)11-13(12-15(17)24-2)18(23)20-7-5-9-21-8-4-6-16(21)22/h11-12H,3-10H2,1-2H3,(H,20,23). The van der Waals surface area contributed by atoms with Crippen LogP contribution in [0.2, 0.25) is 0 Å². The largest absolute Gasteiger partial charge is 0.493 e. The molecule has 0 radical (unpaired) electrons. The minimum atomic E-state index is -0.172. The van der Waals surface area contributed by atoms with Crippen LogP contribution in [0.5, 0.6) is 11.5 Å². The summed E-state index contributed by atoms with van der Waals surface area (Å²) in [6.45, 7) is 4.65. The van der Waals surface area contributed by atoms with Crippen LogP contribution in [-0.2, 0) is 4.79 Å². The monoisotopic (exact) mass is 412 g/mol. The SMILES string of the molecule is CCCOc1c(Br)cc(C(=O)NCCCN2CCCC2=O)cc1OC. The van der Waals surface area contributed by atoms with E-state index in [1.165, 1.54) is 0 Å². The summed E-state index contributed by atoms with van der Waals surface area (Å²) in [4.78, 5) is 25.7. The highest BCUT2D eigenvalue weighted by molar-refractivity contribution is 9.10. The van der Waals surface area contributed by atoms with E-state index in [2.05, 4.69) is 21.2 Å². The quantitative estimate of drug-likeness (QED) is 0.633. The van der Waals surface area contributed by atoms with E-state index in [4.69, 9.17) is 9.47 Å². The first-order valence-electron chi connectivity index (χ1n) is 8.63. The van der Waals surface area contributed by atoms with Crippen molar-refractivity contribution in [1.82, 2.24) is 10.2 Å². The molecule has 1 fully saturated rings. The number of methoxy groups -OCH3 is 1. The summed E-state index contributed by atoms with van der Waals surface area (Å²) in [5, 5.41) is 2.88. The van der Waals surface area contributed by atoms with Gasteiger partial charge in [-0.05, 0) is 47.3 Å². The number of hydrogen-bond donors (Lipinski definition) is 1. The molecule has 0 aromatic heterocycles. The molecule has 1 aliphatic heterocycles. The number of hydrogen-bond acceptors (Lipinski definition) is 4. The second-order valence-electron chi connectivity index (χ2n) is 5.93. The lowest BCUT2D eigenvalue weighted by molar-refractivity contribution is -0.127. The van der Waals surface area contributed by atoms with Crippen molar-refractivity contribution in [2.45, 2.75) is 32.6 Å². The lowest BCUT2D eigenvalue weighted by atomic mass is 10.2. The molecule has 1 N–H and O–H groups in total. The highest BCUT2D eigenvalue weighted by Crippen LogP contribution is 2.36. The Morgan fingerprint density at radius 2 is 2.20 bits per heavy atom. The first kappa shape index (κ1) is 19.6. The van der Waals surface area contributed by atoms with Gasteiger partial charge >= 0.3 is 0 Å². The van der Waals surface area contributed by atoms with Gasteiger partial charge < -0.3 is 19.7 Å². The van der Waals surface area contributed by atoms with Crippen LogP contribution < -0.4 is 14.8 Å². The number of nitrogens with zero attached hydrogens (tertiary/aromatic N) is 1. The molecule has 7 heteroatoms. The van der Waals surface area contributed by atoms with E-state index in [0.717, 1.165) is 25.8 Å². The van der Waals surface area contributed by atoms with Crippen LogP contribution in [0.15, 0.2) is 16.6 Å². The molecule has 1 aromatic carbocycles. The Labute approximate surface area is 157 Å². The average molecular weight is 413 g/mol. The number of carbonyl (C=O) groups excluding carboxylic acids is 2. The van der Waals surface area contributed by atoms with Crippen LogP contribution in [0.1, 0.15) is 43.0 Å². The summed E-state index contributed by atoms with van der Waals surface area (Å²) in [7, 11) is 1.55. The molecule has 2 amide bonds. The zero-order valence-electron chi connectivity index (χ0n) is 14.8. The predicted molar refractivity (Wildman–Crippen MR) is 99.2 cm³/mol. The summed E-state index contributed by atoms with van der Waals surface area (Å²) in [5.41, 5.74) is 0.504. The number of benzene rings is 1. The van der Waals surface area contributed by atoms with E-state index >= 15 is 0 Å². The average Bonchev–Trinajstić information content (AvgIpc) is 3.01. The van der Waals surface area contributed by atoms with Gasteiger partial charge in [0.15, 0.2) is 11.5 Å². The van der Waals surface area contributed by atoms with Crippen LogP contribution in [-0.4, -0.2) is 50.1 Å². The van der Waals surface area contributed by atoms with E-state index in [1.807, 2.05) is 11.8 Å². The van der Waals surface area contributed by atoms with Crippen molar-refractivity contribution in [1.29, 1.82) is 0 Å². The van der Waals surface area contributed by atoms with Crippen molar-refractivity contribution in [3.05, 3.63) is 22.2 Å². The summed E-state index contributed by atoms with van der Waals surface area (Å²) >= 11 is 3.44. The van der Waals surface area contributed by atoms with Gasteiger partial charge in [-0.1, -0.05) is 6.92 Å². The maximum absolute atomic E-state index is 12.3. The predicted octanol–water partition coefficient (Wildman–Crippen LogP) is 2.99. The third-order valence-electron chi connectivity index (χ3n) is 4.00. The second-order valence-corrected chi connectivity index (χ2v) is 6.79. The Morgan fingerprint density at radius 1 is 1.40 bits per heavy atom. The highest BCUT2D eigenvalue weighted by Gasteiger charge is 2.19. The summed E-state index contributed by atoms with van der Waals surface area (Å²) < 4.78 is 11.7. The lowest BCUT2D eigenvalue weighted by Crippen LogP contribution is -2.30. The van der Waals surface area contributed by atoms with Gasteiger partial charge in [-0.3, -0.25) is 9.59 Å². The summed E-state index contributed by atoms with van der Waals surface area (Å²) in [6.07, 6.45) is 3.21. The first-order valence-corrected chi connectivity index (χ1v) is 9.42. The molecule has 25 heavy (non-hydrogen) atoms. The van der Waals surface area contributed by atoms with Crippen molar-refractivity contribution in [2.75, 3.05) is 33.4 Å². The Bertz CT molecular complexity index is 621. The minimum absolute atomic E-state index is 0.172. The molecule has 138 valence electrons. The molecule has 0 bridgehead atoms. The van der Waals surface area contributed by atoms with Crippen molar-refractivity contribution in [3.8, 4) is 11.5 Å². The van der Waals surface area contributed by atoms with Gasteiger partial charge in [-0.15, -0.1) is 0 Å². The van der Waals surface area contributed by atoms with Crippen molar-refractivity contribution >= 4 is 27.7 Å². The van der Waals surface area contributed by atoms with Crippen LogP contribution in [0.3, 0.4) is 0 Å². The molecule has 1 aliphatic rings. The smallest absolute Gasteiger partial charge is 0.251 e. The van der Waals surface area contributed by atoms with E-state index in [1.54, 1.807) is 19.2 Å². The van der Waals surface area contributed by atoms with Gasteiger partial charge in [0.25, 0.3) is 5.91 Å². The van der Waals surface area contributed by atoms with E-state index < -0.39 is 0 Å². The normalized spacial score (nSPS) is 13.9. The fourth-order valence-corrected chi connectivity index (χ4v) is 3.27. The molecule has 0 saturated carbocycles. The second kappa shape index (κ2) is 9.65. The minimum Gasteiger partial charge on any atom is -0.493 e. The zero-order chi connectivity index (χ0) is 18.2. The molecule has 2 rings (SSSR count). The molecule has 0 spiro atoms.